The van der Waals surface area contributed by atoms with Crippen molar-refractivity contribution in [1.29, 1.82) is 5.26 Å². The third kappa shape index (κ3) is 1.79. The van der Waals surface area contributed by atoms with Crippen LogP contribution in [-0.2, 0) is 10.3 Å². The smallest absolute Gasteiger partial charge is 0.259 e. The fourth-order valence-corrected chi connectivity index (χ4v) is 2.35. The molecular formula is C14H12FN3O2. The summed E-state index contributed by atoms with van der Waals surface area (Å²) in [4.78, 5) is 4.27. The van der Waals surface area contributed by atoms with Gasteiger partial charge < -0.3 is 9.26 Å². The third-order valence-electron chi connectivity index (χ3n) is 3.74. The van der Waals surface area contributed by atoms with Crippen molar-refractivity contribution in [1.82, 2.24) is 10.1 Å². The first-order valence-electron chi connectivity index (χ1n) is 6.28. The van der Waals surface area contributed by atoms with E-state index in [4.69, 9.17) is 14.5 Å². The minimum Gasteiger partial charge on any atom is -0.370 e. The van der Waals surface area contributed by atoms with Crippen molar-refractivity contribution < 1.29 is 13.7 Å². The van der Waals surface area contributed by atoms with Crippen LogP contribution in [-0.4, -0.2) is 17.3 Å². The zero-order chi connectivity index (χ0) is 14.2. The molecule has 3 rings (SSSR count). The van der Waals surface area contributed by atoms with Crippen molar-refractivity contribution in [3.05, 3.63) is 35.4 Å². The van der Waals surface area contributed by atoms with Crippen LogP contribution in [0.3, 0.4) is 0 Å². The van der Waals surface area contributed by atoms with E-state index in [2.05, 4.69) is 10.1 Å². The second-order valence-corrected chi connectivity index (χ2v) is 4.75. The fraction of sp³-hybridized carbons (Fsp3) is 0.357. The first-order valence-corrected chi connectivity index (χ1v) is 6.28. The quantitative estimate of drug-likeness (QED) is 0.859. The first kappa shape index (κ1) is 12.8. The molecule has 2 aromatic rings. The molecule has 0 saturated heterocycles. The molecule has 0 bridgehead atoms. The number of benzene rings is 1. The van der Waals surface area contributed by atoms with Gasteiger partial charge in [0.25, 0.3) is 5.89 Å². The van der Waals surface area contributed by atoms with Gasteiger partial charge in [-0.05, 0) is 31.4 Å². The molecule has 0 unspecified atom stereocenters. The van der Waals surface area contributed by atoms with Gasteiger partial charge >= 0.3 is 0 Å². The van der Waals surface area contributed by atoms with Crippen LogP contribution in [0.1, 0.15) is 30.7 Å². The molecule has 1 saturated carbocycles. The Bertz CT molecular complexity index is 680. The number of hydrogen-bond donors (Lipinski definition) is 0. The molecule has 5 nitrogen and oxygen atoms in total. The highest BCUT2D eigenvalue weighted by molar-refractivity contribution is 5.63. The summed E-state index contributed by atoms with van der Waals surface area (Å²) in [6.07, 6.45) is 2.70. The number of methoxy groups -OCH3 is 1. The van der Waals surface area contributed by atoms with Crippen molar-refractivity contribution in [3.63, 3.8) is 0 Å². The van der Waals surface area contributed by atoms with Crippen LogP contribution in [0.5, 0.6) is 0 Å². The molecule has 1 aliphatic carbocycles. The van der Waals surface area contributed by atoms with Gasteiger partial charge in [-0.2, -0.15) is 10.2 Å². The predicted molar refractivity (Wildman–Crippen MR) is 66.9 cm³/mol. The monoisotopic (exact) mass is 273 g/mol. The number of nitrogens with zero attached hydrogens (tertiary/aromatic N) is 3. The molecule has 0 amide bonds. The summed E-state index contributed by atoms with van der Waals surface area (Å²) in [7, 11) is 1.61. The van der Waals surface area contributed by atoms with E-state index in [9.17, 15) is 4.39 Å². The second kappa shape index (κ2) is 4.69. The van der Waals surface area contributed by atoms with Gasteiger partial charge in [0.1, 0.15) is 23.1 Å². The molecule has 102 valence electrons. The lowest BCUT2D eigenvalue weighted by atomic mass is 9.79. The maximum atomic E-state index is 13.6. The molecule has 0 radical (unpaired) electrons. The van der Waals surface area contributed by atoms with Crippen LogP contribution < -0.4 is 0 Å². The molecule has 1 aromatic carbocycles. The zero-order valence-corrected chi connectivity index (χ0v) is 10.9. The first-order chi connectivity index (χ1) is 9.70. The molecule has 0 spiro atoms. The van der Waals surface area contributed by atoms with E-state index in [1.165, 1.54) is 12.1 Å². The normalized spacial score (nSPS) is 16.4. The highest BCUT2D eigenvalue weighted by Gasteiger charge is 2.43. The Morgan fingerprint density at radius 2 is 2.25 bits per heavy atom. The van der Waals surface area contributed by atoms with Crippen molar-refractivity contribution in [2.45, 2.75) is 24.9 Å². The van der Waals surface area contributed by atoms with E-state index in [0.29, 0.717) is 11.4 Å². The van der Waals surface area contributed by atoms with Gasteiger partial charge in [-0.1, -0.05) is 11.2 Å². The SMILES string of the molecule is COC1(c2noc(-c3cccc(F)c3C#N)n2)CCC1. The van der Waals surface area contributed by atoms with Crippen LogP contribution in [0, 0.1) is 17.1 Å². The second-order valence-electron chi connectivity index (χ2n) is 4.75. The summed E-state index contributed by atoms with van der Waals surface area (Å²) >= 11 is 0. The maximum Gasteiger partial charge on any atom is 0.259 e. The van der Waals surface area contributed by atoms with E-state index in [1.54, 1.807) is 13.2 Å². The molecule has 1 fully saturated rings. The van der Waals surface area contributed by atoms with Crippen molar-refractivity contribution in [2.24, 2.45) is 0 Å². The number of rotatable bonds is 3. The van der Waals surface area contributed by atoms with Crippen molar-refractivity contribution in [3.8, 4) is 17.5 Å². The third-order valence-corrected chi connectivity index (χ3v) is 3.74. The van der Waals surface area contributed by atoms with Crippen LogP contribution in [0.4, 0.5) is 4.39 Å². The highest BCUT2D eigenvalue weighted by Crippen LogP contribution is 2.43. The Kier molecular flexibility index (Phi) is 2.99. The summed E-state index contributed by atoms with van der Waals surface area (Å²) in [6, 6.07) is 6.13. The van der Waals surface area contributed by atoms with Crippen molar-refractivity contribution in [2.75, 3.05) is 7.11 Å². The van der Waals surface area contributed by atoms with Crippen LogP contribution in [0.15, 0.2) is 22.7 Å². The van der Waals surface area contributed by atoms with Gasteiger partial charge in [0.2, 0.25) is 5.82 Å². The van der Waals surface area contributed by atoms with E-state index in [-0.39, 0.29) is 11.5 Å². The average Bonchev–Trinajstić information content (AvgIpc) is 2.88. The number of nitriles is 1. The van der Waals surface area contributed by atoms with Gasteiger partial charge in [0.15, 0.2) is 0 Å². The topological polar surface area (TPSA) is 71.9 Å². The van der Waals surface area contributed by atoms with Crippen molar-refractivity contribution >= 4 is 0 Å². The fourth-order valence-electron chi connectivity index (χ4n) is 2.35. The molecule has 1 aliphatic rings. The Balaban J connectivity index is 2.03. The number of ether oxygens (including phenoxy) is 1. The lowest BCUT2D eigenvalue weighted by Gasteiger charge is -2.37. The molecule has 0 atom stereocenters. The number of aromatic nitrogens is 2. The standard InChI is InChI=1S/C14H12FN3O2/c1-19-14(6-3-7-14)13-17-12(20-18-13)9-4-2-5-11(15)10(9)8-16/h2,4-5H,3,6-7H2,1H3. The summed E-state index contributed by atoms with van der Waals surface area (Å²) in [6.45, 7) is 0. The summed E-state index contributed by atoms with van der Waals surface area (Å²) in [5.41, 5.74) is -0.290. The Hall–Kier alpha value is -2.26. The van der Waals surface area contributed by atoms with E-state index in [1.807, 2.05) is 6.07 Å². The molecule has 1 heterocycles. The van der Waals surface area contributed by atoms with Crippen LogP contribution in [0.25, 0.3) is 11.5 Å². The maximum absolute atomic E-state index is 13.6. The van der Waals surface area contributed by atoms with Gasteiger partial charge in [-0.15, -0.1) is 0 Å². The number of hydrogen-bond acceptors (Lipinski definition) is 5. The van der Waals surface area contributed by atoms with Gasteiger partial charge in [0, 0.05) is 7.11 Å². The summed E-state index contributed by atoms with van der Waals surface area (Å²) < 4.78 is 24.2. The van der Waals surface area contributed by atoms with E-state index >= 15 is 0 Å². The van der Waals surface area contributed by atoms with Crippen LogP contribution in [0.2, 0.25) is 0 Å². The van der Waals surface area contributed by atoms with E-state index < -0.39 is 11.4 Å². The molecule has 0 N–H and O–H groups in total. The molecule has 6 heteroatoms. The molecule has 1 aromatic heterocycles. The highest BCUT2D eigenvalue weighted by atomic mass is 19.1. The number of halogens is 1. The van der Waals surface area contributed by atoms with Gasteiger partial charge in [0.05, 0.1) is 5.56 Å². The summed E-state index contributed by atoms with van der Waals surface area (Å²) in [5, 5.41) is 12.9. The van der Waals surface area contributed by atoms with Gasteiger partial charge in [-0.25, -0.2) is 4.39 Å². The minimum absolute atomic E-state index is 0.0947. The Labute approximate surface area is 115 Å². The van der Waals surface area contributed by atoms with Gasteiger partial charge in [-0.3, -0.25) is 0 Å². The lowest BCUT2D eigenvalue weighted by molar-refractivity contribution is -0.0858. The average molecular weight is 273 g/mol. The lowest BCUT2D eigenvalue weighted by Crippen LogP contribution is -2.37. The van der Waals surface area contributed by atoms with E-state index in [0.717, 1.165) is 19.3 Å². The Morgan fingerprint density at radius 3 is 2.85 bits per heavy atom. The predicted octanol–water partition coefficient (Wildman–Crippen LogP) is 2.77. The molecule has 20 heavy (non-hydrogen) atoms. The minimum atomic E-state index is -0.602. The van der Waals surface area contributed by atoms with Crippen LogP contribution >= 0.6 is 0 Å². The Morgan fingerprint density at radius 1 is 1.45 bits per heavy atom. The zero-order valence-electron chi connectivity index (χ0n) is 10.9. The molecule has 0 aliphatic heterocycles. The summed E-state index contributed by atoms with van der Waals surface area (Å²) in [5.74, 6) is -0.0105. The largest absolute Gasteiger partial charge is 0.370 e. The molecular weight excluding hydrogens is 261 g/mol.